The fraction of sp³-hybridized carbons (Fsp3) is 0.118. The highest BCUT2D eigenvalue weighted by Gasteiger charge is 2.13. The van der Waals surface area contributed by atoms with Crippen LogP contribution in [0.25, 0.3) is 10.9 Å². The molecule has 6 heteroatoms. The lowest BCUT2D eigenvalue weighted by Gasteiger charge is -1.99. The smallest absolute Gasteiger partial charge is 0.295 e. The minimum absolute atomic E-state index is 0.0962. The Kier molecular flexibility index (Phi) is 4.00. The first kappa shape index (κ1) is 15.4. The second-order valence-corrected chi connectivity index (χ2v) is 6.25. The third kappa shape index (κ3) is 3.03. The second kappa shape index (κ2) is 5.96. The van der Waals surface area contributed by atoms with Gasteiger partial charge in [0.15, 0.2) is 5.69 Å². The molecule has 0 aliphatic heterocycles. The molecular weight excluding hydrogens is 358 g/mol. The molecule has 3 rings (SSSR count). The van der Waals surface area contributed by atoms with Crippen molar-refractivity contribution in [2.45, 2.75) is 13.8 Å². The van der Waals surface area contributed by atoms with Gasteiger partial charge in [0.1, 0.15) is 0 Å². The van der Waals surface area contributed by atoms with E-state index in [1.54, 1.807) is 24.3 Å². The molecule has 3 aromatic rings. The number of carbonyl (C=O) groups excluding carboxylic acids is 1. The molecule has 1 aromatic heterocycles. The lowest BCUT2D eigenvalue weighted by atomic mass is 10.1. The van der Waals surface area contributed by atoms with Crippen molar-refractivity contribution in [3.8, 4) is 5.88 Å². The Morgan fingerprint density at radius 3 is 2.57 bits per heavy atom. The zero-order chi connectivity index (χ0) is 16.6. The van der Waals surface area contributed by atoms with Gasteiger partial charge in [0, 0.05) is 15.4 Å². The molecule has 0 bridgehead atoms. The first-order valence-electron chi connectivity index (χ1n) is 6.99. The van der Waals surface area contributed by atoms with E-state index in [2.05, 4.69) is 31.1 Å². The van der Waals surface area contributed by atoms with Gasteiger partial charge in [0.05, 0.1) is 5.52 Å². The maximum atomic E-state index is 12.1. The van der Waals surface area contributed by atoms with Crippen LogP contribution < -0.4 is 0 Å². The Hall–Kier alpha value is -2.47. The predicted octanol–water partition coefficient (Wildman–Crippen LogP) is 5.18. The Bertz CT molecular complexity index is 927. The average molecular weight is 372 g/mol. The number of carbonyl (C=O) groups is 1. The lowest BCUT2D eigenvalue weighted by molar-refractivity contribution is 0.0995. The Morgan fingerprint density at radius 2 is 1.87 bits per heavy atom. The average Bonchev–Trinajstić information content (AvgIpc) is 2.82. The molecule has 0 saturated carbocycles. The summed E-state index contributed by atoms with van der Waals surface area (Å²) in [4.78, 5) is 14.9. The third-order valence-corrected chi connectivity index (χ3v) is 4.06. The highest BCUT2D eigenvalue weighted by Crippen LogP contribution is 2.37. The van der Waals surface area contributed by atoms with Gasteiger partial charge in [-0.3, -0.25) is 4.79 Å². The number of hydrogen-bond acceptors (Lipinski definition) is 3. The van der Waals surface area contributed by atoms with Crippen LogP contribution in [-0.4, -0.2) is 16.0 Å². The number of fused-ring (bicyclic) bond motifs is 1. The summed E-state index contributed by atoms with van der Waals surface area (Å²) in [6.07, 6.45) is 0. The van der Waals surface area contributed by atoms with Gasteiger partial charge in [-0.1, -0.05) is 27.6 Å². The number of hydrogen-bond donors (Lipinski definition) is 2. The topological polar surface area (TPSA) is 77.8 Å². The Morgan fingerprint density at radius 1 is 1.17 bits per heavy atom. The summed E-state index contributed by atoms with van der Waals surface area (Å²) in [6, 6.07) is 10.8. The molecule has 0 atom stereocenters. The molecule has 0 radical (unpaired) electrons. The van der Waals surface area contributed by atoms with Gasteiger partial charge in [0.2, 0.25) is 5.88 Å². The first-order valence-corrected chi connectivity index (χ1v) is 7.78. The van der Waals surface area contributed by atoms with Gasteiger partial charge in [-0.15, -0.1) is 10.2 Å². The van der Waals surface area contributed by atoms with Gasteiger partial charge in [-0.05, 0) is 49.7 Å². The van der Waals surface area contributed by atoms with E-state index < -0.39 is 5.91 Å². The van der Waals surface area contributed by atoms with Crippen molar-refractivity contribution in [3.63, 3.8) is 0 Å². The summed E-state index contributed by atoms with van der Waals surface area (Å²) in [5.41, 5.74) is 3.54. The lowest BCUT2D eigenvalue weighted by Crippen LogP contribution is -1.92. The highest BCUT2D eigenvalue weighted by molar-refractivity contribution is 9.10. The molecule has 1 heterocycles. The zero-order valence-corrected chi connectivity index (χ0v) is 14.2. The molecule has 0 unspecified atom stereocenters. The zero-order valence-electron chi connectivity index (χ0n) is 12.6. The van der Waals surface area contributed by atoms with Crippen molar-refractivity contribution in [3.05, 3.63) is 57.6 Å². The van der Waals surface area contributed by atoms with Crippen LogP contribution in [0.3, 0.4) is 0 Å². The van der Waals surface area contributed by atoms with E-state index in [9.17, 15) is 9.90 Å². The van der Waals surface area contributed by atoms with Crippen LogP contribution in [-0.2, 0) is 0 Å². The van der Waals surface area contributed by atoms with E-state index in [1.165, 1.54) is 0 Å². The van der Waals surface area contributed by atoms with Crippen LogP contribution in [0, 0.1) is 13.8 Å². The number of nitrogens with one attached hydrogen (secondary N) is 1. The quantitative estimate of drug-likeness (QED) is 0.608. The van der Waals surface area contributed by atoms with Crippen LogP contribution >= 0.6 is 15.9 Å². The van der Waals surface area contributed by atoms with Crippen molar-refractivity contribution >= 4 is 38.4 Å². The van der Waals surface area contributed by atoms with E-state index in [4.69, 9.17) is 0 Å². The molecule has 2 aromatic carbocycles. The standard InChI is InChI=1S/C17H14BrN3O2/c1-9-7-10(2)14-13(8-9)15(17(23)19-14)20-21-16(22)11-3-5-12(18)6-4-11/h3-8,19,23H,1-2H3. The number of amides is 1. The largest absolute Gasteiger partial charge is 0.493 e. The van der Waals surface area contributed by atoms with E-state index >= 15 is 0 Å². The van der Waals surface area contributed by atoms with Gasteiger partial charge >= 0.3 is 0 Å². The van der Waals surface area contributed by atoms with Crippen LogP contribution in [0.1, 0.15) is 21.5 Å². The number of H-pyrrole nitrogens is 1. The van der Waals surface area contributed by atoms with Crippen LogP contribution in [0.15, 0.2) is 51.1 Å². The maximum Gasteiger partial charge on any atom is 0.295 e. The molecule has 0 spiro atoms. The normalized spacial score (nSPS) is 11.4. The minimum atomic E-state index is -0.462. The van der Waals surface area contributed by atoms with Gasteiger partial charge < -0.3 is 10.1 Å². The van der Waals surface area contributed by atoms with Gasteiger partial charge in [0.25, 0.3) is 5.91 Å². The summed E-state index contributed by atoms with van der Waals surface area (Å²) in [7, 11) is 0. The molecule has 0 aliphatic rings. The van der Waals surface area contributed by atoms with Crippen LogP contribution in [0.2, 0.25) is 0 Å². The summed E-state index contributed by atoms with van der Waals surface area (Å²) >= 11 is 3.31. The molecule has 0 aliphatic carbocycles. The van der Waals surface area contributed by atoms with Crippen molar-refractivity contribution in [2.75, 3.05) is 0 Å². The number of nitrogens with zero attached hydrogens (tertiary/aromatic N) is 2. The van der Waals surface area contributed by atoms with E-state index in [1.807, 2.05) is 26.0 Å². The SMILES string of the molecule is Cc1cc(C)c2[nH]c(O)c(N=NC(=O)c3ccc(Br)cc3)c2c1. The minimum Gasteiger partial charge on any atom is -0.493 e. The first-order chi connectivity index (χ1) is 11.0. The summed E-state index contributed by atoms with van der Waals surface area (Å²) in [6.45, 7) is 3.91. The molecular formula is C17H14BrN3O2. The molecule has 1 amide bonds. The van der Waals surface area contributed by atoms with Crippen molar-refractivity contribution in [2.24, 2.45) is 10.2 Å². The van der Waals surface area contributed by atoms with Gasteiger partial charge in [-0.25, -0.2) is 0 Å². The van der Waals surface area contributed by atoms with Crippen molar-refractivity contribution in [1.29, 1.82) is 0 Å². The van der Waals surface area contributed by atoms with E-state index in [0.717, 1.165) is 26.5 Å². The molecule has 5 nitrogen and oxygen atoms in total. The summed E-state index contributed by atoms with van der Waals surface area (Å²) < 4.78 is 0.881. The van der Waals surface area contributed by atoms with Crippen molar-refractivity contribution in [1.82, 2.24) is 4.98 Å². The summed E-state index contributed by atoms with van der Waals surface area (Å²) in [5.74, 6) is -0.559. The van der Waals surface area contributed by atoms with Crippen molar-refractivity contribution < 1.29 is 9.90 Å². The molecule has 2 N–H and O–H groups in total. The number of aromatic amines is 1. The maximum absolute atomic E-state index is 12.1. The number of azo groups is 1. The number of rotatable bonds is 2. The Balaban J connectivity index is 1.99. The van der Waals surface area contributed by atoms with Crippen LogP contribution in [0.4, 0.5) is 5.69 Å². The predicted molar refractivity (Wildman–Crippen MR) is 92.4 cm³/mol. The molecule has 23 heavy (non-hydrogen) atoms. The second-order valence-electron chi connectivity index (χ2n) is 5.34. The molecule has 116 valence electrons. The molecule has 0 saturated heterocycles. The van der Waals surface area contributed by atoms with E-state index in [0.29, 0.717) is 5.56 Å². The Labute approximate surface area is 141 Å². The molecule has 0 fully saturated rings. The summed E-state index contributed by atoms with van der Waals surface area (Å²) in [5, 5.41) is 18.5. The van der Waals surface area contributed by atoms with Gasteiger partial charge in [-0.2, -0.15) is 0 Å². The number of aromatic hydroxyl groups is 1. The third-order valence-electron chi connectivity index (χ3n) is 3.53. The number of halogens is 1. The number of aromatic nitrogens is 1. The monoisotopic (exact) mass is 371 g/mol. The number of aryl methyl sites for hydroxylation is 2. The van der Waals surface area contributed by atoms with Crippen LogP contribution in [0.5, 0.6) is 5.88 Å². The fourth-order valence-electron chi connectivity index (χ4n) is 2.47. The van der Waals surface area contributed by atoms with E-state index in [-0.39, 0.29) is 11.6 Å². The fourth-order valence-corrected chi connectivity index (χ4v) is 2.74. The highest BCUT2D eigenvalue weighted by atomic mass is 79.9. The number of benzene rings is 2.